The number of rotatable bonds is 2. The van der Waals surface area contributed by atoms with Crippen LogP contribution >= 0.6 is 0 Å². The first-order valence-corrected chi connectivity index (χ1v) is 8.71. The van der Waals surface area contributed by atoms with Crippen LogP contribution in [-0.2, 0) is 20.7 Å². The van der Waals surface area contributed by atoms with Crippen molar-refractivity contribution in [2.24, 2.45) is 0 Å². The van der Waals surface area contributed by atoms with Crippen molar-refractivity contribution in [1.29, 1.82) is 0 Å². The maximum absolute atomic E-state index is 6.20. The summed E-state index contributed by atoms with van der Waals surface area (Å²) in [6.45, 7) is 6.50. The SMILES string of the molecule is COC1(C)c2cccc(C)c2C(C)(OC)c2c1ccc1ccccc21. The Morgan fingerprint density at radius 1 is 0.680 bits per heavy atom. The molecule has 0 fully saturated rings. The highest BCUT2D eigenvalue weighted by molar-refractivity contribution is 5.89. The molecule has 0 amide bonds. The average Bonchev–Trinajstić information content (AvgIpc) is 2.65. The summed E-state index contributed by atoms with van der Waals surface area (Å²) in [5.41, 5.74) is 4.99. The lowest BCUT2D eigenvalue weighted by Gasteiger charge is -2.46. The van der Waals surface area contributed by atoms with Gasteiger partial charge in [0.25, 0.3) is 0 Å². The highest BCUT2D eigenvalue weighted by Gasteiger charge is 2.48. The van der Waals surface area contributed by atoms with Gasteiger partial charge in [0.2, 0.25) is 0 Å². The molecule has 0 N–H and O–H groups in total. The van der Waals surface area contributed by atoms with Gasteiger partial charge >= 0.3 is 0 Å². The largest absolute Gasteiger partial charge is 0.369 e. The molecule has 0 spiro atoms. The molecule has 0 radical (unpaired) electrons. The molecule has 3 aromatic carbocycles. The molecule has 0 aromatic heterocycles. The summed E-state index contributed by atoms with van der Waals surface area (Å²) in [6.07, 6.45) is 0. The van der Waals surface area contributed by atoms with Gasteiger partial charge in [-0.1, -0.05) is 54.6 Å². The number of ether oxygens (including phenoxy) is 2. The predicted octanol–water partition coefficient (Wildman–Crippen LogP) is 5.28. The molecule has 2 unspecified atom stereocenters. The molecule has 0 aliphatic heterocycles. The van der Waals surface area contributed by atoms with Gasteiger partial charge in [0.15, 0.2) is 0 Å². The van der Waals surface area contributed by atoms with Gasteiger partial charge in [-0.25, -0.2) is 0 Å². The first-order chi connectivity index (χ1) is 12.0. The van der Waals surface area contributed by atoms with Crippen molar-refractivity contribution in [3.63, 3.8) is 0 Å². The molecule has 2 atom stereocenters. The molecule has 0 saturated carbocycles. The third kappa shape index (κ3) is 1.98. The van der Waals surface area contributed by atoms with E-state index in [0.717, 1.165) is 0 Å². The van der Waals surface area contributed by atoms with E-state index in [1.165, 1.54) is 38.6 Å². The van der Waals surface area contributed by atoms with Gasteiger partial charge in [0.1, 0.15) is 11.2 Å². The Morgan fingerprint density at radius 2 is 1.36 bits per heavy atom. The highest BCUT2D eigenvalue weighted by atomic mass is 16.5. The molecule has 25 heavy (non-hydrogen) atoms. The van der Waals surface area contributed by atoms with E-state index in [4.69, 9.17) is 9.47 Å². The molecule has 0 heterocycles. The maximum atomic E-state index is 6.20. The minimum atomic E-state index is -0.519. The third-order valence-corrected chi connectivity index (χ3v) is 6.00. The number of hydrogen-bond donors (Lipinski definition) is 0. The minimum Gasteiger partial charge on any atom is -0.369 e. The van der Waals surface area contributed by atoms with Crippen molar-refractivity contribution in [1.82, 2.24) is 0 Å². The van der Waals surface area contributed by atoms with Crippen LogP contribution in [0.2, 0.25) is 0 Å². The van der Waals surface area contributed by atoms with Gasteiger partial charge in [0, 0.05) is 19.8 Å². The Hall–Kier alpha value is -2.16. The molecule has 1 aliphatic carbocycles. The summed E-state index contributed by atoms with van der Waals surface area (Å²) < 4.78 is 12.3. The van der Waals surface area contributed by atoms with E-state index >= 15 is 0 Å². The zero-order valence-electron chi connectivity index (χ0n) is 15.5. The second kappa shape index (κ2) is 5.42. The highest BCUT2D eigenvalue weighted by Crippen LogP contribution is 2.53. The Morgan fingerprint density at radius 3 is 2.08 bits per heavy atom. The van der Waals surface area contributed by atoms with E-state index in [1.807, 2.05) is 0 Å². The van der Waals surface area contributed by atoms with Gasteiger partial charge < -0.3 is 9.47 Å². The lowest BCUT2D eigenvalue weighted by atomic mass is 9.66. The van der Waals surface area contributed by atoms with E-state index in [2.05, 4.69) is 75.4 Å². The summed E-state index contributed by atoms with van der Waals surface area (Å²) >= 11 is 0. The first kappa shape index (κ1) is 16.3. The van der Waals surface area contributed by atoms with Crippen LogP contribution in [0.1, 0.15) is 41.7 Å². The fourth-order valence-electron chi connectivity index (χ4n) is 4.58. The lowest BCUT2D eigenvalue weighted by molar-refractivity contribution is -0.00299. The van der Waals surface area contributed by atoms with Crippen molar-refractivity contribution >= 4 is 10.8 Å². The monoisotopic (exact) mass is 332 g/mol. The third-order valence-electron chi connectivity index (χ3n) is 6.00. The first-order valence-electron chi connectivity index (χ1n) is 8.71. The van der Waals surface area contributed by atoms with Crippen LogP contribution in [0, 0.1) is 6.92 Å². The summed E-state index contributed by atoms with van der Waals surface area (Å²) in [5.74, 6) is 0. The second-order valence-electron chi connectivity index (χ2n) is 7.18. The average molecular weight is 332 g/mol. The van der Waals surface area contributed by atoms with E-state index in [-0.39, 0.29) is 0 Å². The van der Waals surface area contributed by atoms with E-state index in [9.17, 15) is 0 Å². The molecule has 2 heteroatoms. The van der Waals surface area contributed by atoms with Crippen LogP contribution in [0.5, 0.6) is 0 Å². The second-order valence-corrected chi connectivity index (χ2v) is 7.18. The van der Waals surface area contributed by atoms with Crippen LogP contribution in [0.3, 0.4) is 0 Å². The number of benzene rings is 3. The molecule has 2 nitrogen and oxygen atoms in total. The van der Waals surface area contributed by atoms with E-state index in [1.54, 1.807) is 14.2 Å². The summed E-state index contributed by atoms with van der Waals surface area (Å²) in [4.78, 5) is 0. The van der Waals surface area contributed by atoms with Gasteiger partial charge in [-0.05, 0) is 53.8 Å². The quantitative estimate of drug-likeness (QED) is 0.635. The van der Waals surface area contributed by atoms with Crippen molar-refractivity contribution in [3.05, 3.63) is 82.4 Å². The molecule has 1 aliphatic rings. The van der Waals surface area contributed by atoms with Gasteiger partial charge in [-0.2, -0.15) is 0 Å². The van der Waals surface area contributed by atoms with E-state index < -0.39 is 11.2 Å². The maximum Gasteiger partial charge on any atom is 0.117 e. The Bertz CT molecular complexity index is 975. The van der Waals surface area contributed by atoms with Crippen LogP contribution in [0.4, 0.5) is 0 Å². The number of fused-ring (bicyclic) bond motifs is 4. The zero-order chi connectivity index (χ0) is 17.8. The normalized spacial score (nSPS) is 24.8. The molecular formula is C23H24O2. The van der Waals surface area contributed by atoms with Crippen molar-refractivity contribution in [3.8, 4) is 0 Å². The van der Waals surface area contributed by atoms with Crippen molar-refractivity contribution in [2.75, 3.05) is 14.2 Å². The predicted molar refractivity (Wildman–Crippen MR) is 102 cm³/mol. The number of methoxy groups -OCH3 is 2. The Kier molecular flexibility index (Phi) is 3.54. The molecule has 128 valence electrons. The van der Waals surface area contributed by atoms with Crippen LogP contribution in [0.15, 0.2) is 54.6 Å². The summed E-state index contributed by atoms with van der Waals surface area (Å²) in [6, 6.07) is 19.3. The molecule has 3 aromatic rings. The van der Waals surface area contributed by atoms with Gasteiger partial charge in [-0.15, -0.1) is 0 Å². The summed E-state index contributed by atoms with van der Waals surface area (Å²) in [7, 11) is 3.60. The van der Waals surface area contributed by atoms with Crippen LogP contribution in [-0.4, -0.2) is 14.2 Å². The number of aryl methyl sites for hydroxylation is 1. The van der Waals surface area contributed by atoms with E-state index in [0.29, 0.717) is 0 Å². The standard InChI is InChI=1S/C23H24O2/c1-15-9-8-12-18-20(15)23(3,25-5)21-17-11-7-6-10-16(17)13-14-19(21)22(18,2)24-4/h6-14H,1-5H3. The zero-order valence-corrected chi connectivity index (χ0v) is 15.5. The van der Waals surface area contributed by atoms with Gasteiger partial charge in [-0.3, -0.25) is 0 Å². The minimum absolute atomic E-state index is 0.501. The summed E-state index contributed by atoms with van der Waals surface area (Å²) in [5, 5.41) is 2.45. The fraction of sp³-hybridized carbons (Fsp3) is 0.304. The smallest absolute Gasteiger partial charge is 0.117 e. The molecule has 4 rings (SSSR count). The Labute approximate surface area is 149 Å². The molecule has 0 bridgehead atoms. The van der Waals surface area contributed by atoms with Crippen LogP contribution < -0.4 is 0 Å². The fourth-order valence-corrected chi connectivity index (χ4v) is 4.58. The topological polar surface area (TPSA) is 18.5 Å². The lowest BCUT2D eigenvalue weighted by Crippen LogP contribution is -2.42. The Balaban J connectivity index is 2.23. The van der Waals surface area contributed by atoms with Crippen molar-refractivity contribution < 1.29 is 9.47 Å². The molecule has 0 saturated heterocycles. The van der Waals surface area contributed by atoms with Crippen molar-refractivity contribution in [2.45, 2.75) is 32.0 Å². The van der Waals surface area contributed by atoms with Gasteiger partial charge in [0.05, 0.1) is 0 Å². The van der Waals surface area contributed by atoms with Crippen LogP contribution in [0.25, 0.3) is 10.8 Å². The molecular weight excluding hydrogens is 308 g/mol. The number of hydrogen-bond acceptors (Lipinski definition) is 2.